The van der Waals surface area contributed by atoms with Gasteiger partial charge >= 0.3 is 6.18 Å². The molecule has 0 radical (unpaired) electrons. The number of hydrogen-bond donors (Lipinski definition) is 1. The Balaban J connectivity index is 2.32. The van der Waals surface area contributed by atoms with Crippen LogP contribution in [-0.4, -0.2) is 4.98 Å². The van der Waals surface area contributed by atoms with Gasteiger partial charge < -0.3 is 5.32 Å². The van der Waals surface area contributed by atoms with Crippen LogP contribution in [-0.2, 0) is 6.18 Å². The predicted molar refractivity (Wildman–Crippen MR) is 63.7 cm³/mol. The van der Waals surface area contributed by atoms with Crippen molar-refractivity contribution < 1.29 is 13.2 Å². The Morgan fingerprint density at radius 3 is 2.68 bits per heavy atom. The van der Waals surface area contributed by atoms with Gasteiger partial charge in [-0.2, -0.15) is 18.4 Å². The number of halogens is 3. The van der Waals surface area contributed by atoms with Crippen molar-refractivity contribution in [2.75, 3.05) is 5.32 Å². The zero-order valence-electron chi connectivity index (χ0n) is 9.57. The molecule has 0 aliphatic carbocycles. The Labute approximate surface area is 107 Å². The van der Waals surface area contributed by atoms with Gasteiger partial charge in [-0.3, -0.25) is 4.98 Å². The second kappa shape index (κ2) is 4.98. The first kappa shape index (κ1) is 12.9. The second-order valence-corrected chi connectivity index (χ2v) is 3.74. The van der Waals surface area contributed by atoms with E-state index in [0.29, 0.717) is 11.3 Å². The molecule has 96 valence electrons. The Morgan fingerprint density at radius 1 is 1.21 bits per heavy atom. The van der Waals surface area contributed by atoms with Crippen LogP contribution in [0.5, 0.6) is 0 Å². The molecule has 0 atom stereocenters. The lowest BCUT2D eigenvalue weighted by Crippen LogP contribution is -2.05. The molecule has 1 aromatic heterocycles. The average molecular weight is 263 g/mol. The molecule has 6 heteroatoms. The molecule has 2 aromatic rings. The Kier molecular flexibility index (Phi) is 3.38. The first-order chi connectivity index (χ1) is 9.00. The molecule has 0 amide bonds. The van der Waals surface area contributed by atoms with Gasteiger partial charge in [0.2, 0.25) is 0 Å². The summed E-state index contributed by atoms with van der Waals surface area (Å²) in [5, 5.41) is 11.6. The normalized spacial score (nSPS) is 10.8. The maximum atomic E-state index is 12.6. The predicted octanol–water partition coefficient (Wildman–Crippen LogP) is 3.72. The molecular weight excluding hydrogens is 255 g/mol. The van der Waals surface area contributed by atoms with Crippen LogP contribution < -0.4 is 5.32 Å². The van der Waals surface area contributed by atoms with Gasteiger partial charge in [0.05, 0.1) is 23.0 Å². The third kappa shape index (κ3) is 3.01. The summed E-state index contributed by atoms with van der Waals surface area (Å²) in [5.41, 5.74) is 0.177. The summed E-state index contributed by atoms with van der Waals surface area (Å²) >= 11 is 0. The first-order valence-electron chi connectivity index (χ1n) is 5.29. The van der Waals surface area contributed by atoms with Crippen molar-refractivity contribution in [3.8, 4) is 6.07 Å². The lowest BCUT2D eigenvalue weighted by molar-refractivity contribution is -0.137. The number of nitrogens with zero attached hydrogens (tertiary/aromatic N) is 2. The van der Waals surface area contributed by atoms with E-state index in [1.807, 2.05) is 6.07 Å². The number of nitrogens with one attached hydrogen (secondary N) is 1. The molecule has 0 spiro atoms. The van der Waals surface area contributed by atoms with Crippen LogP contribution >= 0.6 is 0 Å². The minimum absolute atomic E-state index is 0.249. The van der Waals surface area contributed by atoms with Crippen LogP contribution in [0, 0.1) is 11.3 Å². The summed E-state index contributed by atoms with van der Waals surface area (Å²) in [6.07, 6.45) is -1.57. The van der Waals surface area contributed by atoms with Gasteiger partial charge in [-0.15, -0.1) is 0 Å². The molecule has 1 heterocycles. The van der Waals surface area contributed by atoms with Crippen molar-refractivity contribution in [3.05, 3.63) is 53.9 Å². The molecule has 0 bridgehead atoms. The summed E-state index contributed by atoms with van der Waals surface area (Å²) in [6.45, 7) is 0. The minimum atomic E-state index is -4.40. The number of alkyl halides is 3. The standard InChI is InChI=1S/C13H8F3N3/c14-13(15,16)10-2-1-3-11(6-10)19-12-8-18-5-4-9(12)7-17/h1-6,8,19H. The van der Waals surface area contributed by atoms with Crippen LogP contribution in [0.4, 0.5) is 24.5 Å². The van der Waals surface area contributed by atoms with E-state index in [0.717, 1.165) is 12.1 Å². The third-order valence-electron chi connectivity index (χ3n) is 2.41. The molecule has 3 nitrogen and oxygen atoms in total. The van der Waals surface area contributed by atoms with E-state index < -0.39 is 11.7 Å². The lowest BCUT2D eigenvalue weighted by Gasteiger charge is -2.11. The van der Waals surface area contributed by atoms with E-state index in [4.69, 9.17) is 5.26 Å². The quantitative estimate of drug-likeness (QED) is 0.898. The van der Waals surface area contributed by atoms with Gasteiger partial charge in [0.25, 0.3) is 0 Å². The van der Waals surface area contributed by atoms with Crippen molar-refractivity contribution in [1.29, 1.82) is 5.26 Å². The van der Waals surface area contributed by atoms with E-state index in [-0.39, 0.29) is 5.69 Å². The van der Waals surface area contributed by atoms with Gasteiger partial charge in [0.15, 0.2) is 0 Å². The molecule has 19 heavy (non-hydrogen) atoms. The Bertz CT molecular complexity index is 630. The first-order valence-corrected chi connectivity index (χ1v) is 5.29. The van der Waals surface area contributed by atoms with Crippen LogP contribution in [0.15, 0.2) is 42.7 Å². The maximum Gasteiger partial charge on any atom is 0.416 e. The molecular formula is C13H8F3N3. The lowest BCUT2D eigenvalue weighted by atomic mass is 10.2. The van der Waals surface area contributed by atoms with Gasteiger partial charge in [0, 0.05) is 11.9 Å². The highest BCUT2D eigenvalue weighted by Crippen LogP contribution is 2.31. The van der Waals surface area contributed by atoms with E-state index in [1.54, 1.807) is 0 Å². The van der Waals surface area contributed by atoms with Gasteiger partial charge in [-0.1, -0.05) is 6.07 Å². The molecule has 1 aromatic carbocycles. The van der Waals surface area contributed by atoms with E-state index in [2.05, 4.69) is 10.3 Å². The summed E-state index contributed by atoms with van der Waals surface area (Å²) in [4.78, 5) is 3.82. The fraction of sp³-hybridized carbons (Fsp3) is 0.0769. The topological polar surface area (TPSA) is 48.7 Å². The van der Waals surface area contributed by atoms with Crippen LogP contribution in [0.25, 0.3) is 0 Å². The molecule has 1 N–H and O–H groups in total. The summed E-state index contributed by atoms with van der Waals surface area (Å²) in [6, 6.07) is 8.17. The van der Waals surface area contributed by atoms with Crippen LogP contribution in [0.2, 0.25) is 0 Å². The van der Waals surface area contributed by atoms with Crippen LogP contribution in [0.3, 0.4) is 0 Å². The fourth-order valence-corrected chi connectivity index (χ4v) is 1.52. The molecule has 0 saturated carbocycles. The smallest absolute Gasteiger partial charge is 0.353 e. The van der Waals surface area contributed by atoms with Crippen molar-refractivity contribution >= 4 is 11.4 Å². The maximum absolute atomic E-state index is 12.6. The summed E-state index contributed by atoms with van der Waals surface area (Å²) < 4.78 is 37.7. The largest absolute Gasteiger partial charge is 0.416 e. The zero-order chi connectivity index (χ0) is 13.9. The van der Waals surface area contributed by atoms with E-state index >= 15 is 0 Å². The number of benzene rings is 1. The van der Waals surface area contributed by atoms with Gasteiger partial charge in [-0.05, 0) is 24.3 Å². The molecule has 2 rings (SSSR count). The zero-order valence-corrected chi connectivity index (χ0v) is 9.57. The number of hydrogen-bond acceptors (Lipinski definition) is 3. The molecule has 0 aliphatic heterocycles. The van der Waals surface area contributed by atoms with Gasteiger partial charge in [-0.25, -0.2) is 0 Å². The van der Waals surface area contributed by atoms with Gasteiger partial charge in [0.1, 0.15) is 6.07 Å². The molecule has 0 fully saturated rings. The third-order valence-corrected chi connectivity index (χ3v) is 2.41. The number of nitriles is 1. The van der Waals surface area contributed by atoms with Crippen LogP contribution in [0.1, 0.15) is 11.1 Å². The molecule has 0 aliphatic rings. The van der Waals surface area contributed by atoms with Crippen molar-refractivity contribution in [2.45, 2.75) is 6.18 Å². The Hall–Kier alpha value is -2.55. The molecule has 0 unspecified atom stereocenters. The Morgan fingerprint density at radius 2 is 2.00 bits per heavy atom. The van der Waals surface area contributed by atoms with E-state index in [9.17, 15) is 13.2 Å². The monoisotopic (exact) mass is 263 g/mol. The average Bonchev–Trinajstić information content (AvgIpc) is 2.39. The summed E-state index contributed by atoms with van der Waals surface area (Å²) in [5.74, 6) is 0. The van der Waals surface area contributed by atoms with Crippen molar-refractivity contribution in [3.63, 3.8) is 0 Å². The number of aromatic nitrogens is 1. The van der Waals surface area contributed by atoms with E-state index in [1.165, 1.54) is 30.6 Å². The number of anilines is 2. The highest BCUT2D eigenvalue weighted by atomic mass is 19.4. The fourth-order valence-electron chi connectivity index (χ4n) is 1.52. The number of rotatable bonds is 2. The second-order valence-electron chi connectivity index (χ2n) is 3.74. The van der Waals surface area contributed by atoms with Crippen molar-refractivity contribution in [1.82, 2.24) is 4.98 Å². The summed E-state index contributed by atoms with van der Waals surface area (Å²) in [7, 11) is 0. The molecule has 0 saturated heterocycles. The van der Waals surface area contributed by atoms with Crippen molar-refractivity contribution in [2.24, 2.45) is 0 Å². The minimum Gasteiger partial charge on any atom is -0.353 e. The highest BCUT2D eigenvalue weighted by molar-refractivity contribution is 5.65. The number of pyridine rings is 1. The highest BCUT2D eigenvalue weighted by Gasteiger charge is 2.30. The SMILES string of the molecule is N#Cc1ccncc1Nc1cccc(C(F)(F)F)c1.